The highest BCUT2D eigenvalue weighted by Gasteiger charge is 2.44. The van der Waals surface area contributed by atoms with Gasteiger partial charge in [-0.3, -0.25) is 14.4 Å². The summed E-state index contributed by atoms with van der Waals surface area (Å²) >= 11 is 1.48. The maximum Gasteiger partial charge on any atom is 0.490 e. The molecule has 0 bridgehead atoms. The minimum absolute atomic E-state index is 0.0944. The number of amides is 1. The average Bonchev–Trinajstić information content (AvgIpc) is 3.40. The first-order chi connectivity index (χ1) is 13.7. The van der Waals surface area contributed by atoms with Crippen LogP contribution in [0.2, 0.25) is 0 Å². The highest BCUT2D eigenvalue weighted by molar-refractivity contribution is 7.07. The van der Waals surface area contributed by atoms with E-state index in [4.69, 9.17) is 9.90 Å². The van der Waals surface area contributed by atoms with Crippen LogP contribution in [0.3, 0.4) is 0 Å². The molecule has 0 aromatic carbocycles. The van der Waals surface area contributed by atoms with E-state index in [9.17, 15) is 18.0 Å². The molecule has 4 rings (SSSR count). The predicted molar refractivity (Wildman–Crippen MR) is 97.3 cm³/mol. The Morgan fingerprint density at radius 1 is 1.28 bits per heavy atom. The van der Waals surface area contributed by atoms with Gasteiger partial charge in [0, 0.05) is 55.9 Å². The van der Waals surface area contributed by atoms with Gasteiger partial charge in [-0.25, -0.2) is 9.78 Å². The molecule has 2 aromatic rings. The Morgan fingerprint density at radius 3 is 2.52 bits per heavy atom. The number of halogens is 3. The van der Waals surface area contributed by atoms with E-state index in [0.717, 1.165) is 32.5 Å². The minimum Gasteiger partial charge on any atom is -0.475 e. The van der Waals surface area contributed by atoms with Crippen LogP contribution in [0.15, 0.2) is 23.3 Å². The smallest absolute Gasteiger partial charge is 0.475 e. The van der Waals surface area contributed by atoms with Gasteiger partial charge in [0.15, 0.2) is 0 Å². The Kier molecular flexibility index (Phi) is 6.22. The van der Waals surface area contributed by atoms with Crippen molar-refractivity contribution in [2.24, 2.45) is 7.05 Å². The molecule has 2 aliphatic heterocycles. The van der Waals surface area contributed by atoms with E-state index in [1.807, 2.05) is 28.2 Å². The molecule has 12 heteroatoms. The molecule has 1 N–H and O–H groups in total. The fraction of sp³-hybridized carbons (Fsp3) is 0.529. The Balaban J connectivity index is 0.000000298. The molecule has 2 atom stereocenters. The van der Waals surface area contributed by atoms with E-state index in [1.54, 1.807) is 5.51 Å². The maximum atomic E-state index is 12.6. The van der Waals surface area contributed by atoms with Crippen LogP contribution in [0.4, 0.5) is 13.2 Å². The van der Waals surface area contributed by atoms with Gasteiger partial charge in [-0.1, -0.05) is 0 Å². The molecule has 0 radical (unpaired) electrons. The summed E-state index contributed by atoms with van der Waals surface area (Å²) in [6, 6.07) is 0.814. The molecule has 0 unspecified atom stereocenters. The molecule has 0 aliphatic carbocycles. The van der Waals surface area contributed by atoms with Gasteiger partial charge in [-0.05, 0) is 12.8 Å². The van der Waals surface area contributed by atoms with Crippen LogP contribution < -0.4 is 0 Å². The molecule has 1 amide bonds. The number of alkyl halides is 3. The summed E-state index contributed by atoms with van der Waals surface area (Å²) in [5.74, 6) is -2.66. The third-order valence-electron chi connectivity index (χ3n) is 4.99. The summed E-state index contributed by atoms with van der Waals surface area (Å²) in [4.78, 5) is 30.1. The molecular formula is C17H20F3N5O3S. The molecule has 2 saturated heterocycles. The lowest BCUT2D eigenvalue weighted by Crippen LogP contribution is -2.39. The number of fused-ring (bicyclic) bond motifs is 1. The summed E-state index contributed by atoms with van der Waals surface area (Å²) in [6.45, 7) is 2.81. The van der Waals surface area contributed by atoms with E-state index in [0.29, 0.717) is 17.8 Å². The van der Waals surface area contributed by atoms with Gasteiger partial charge in [-0.15, -0.1) is 11.3 Å². The summed E-state index contributed by atoms with van der Waals surface area (Å²) in [6.07, 6.45) is 1.03. The summed E-state index contributed by atoms with van der Waals surface area (Å²) < 4.78 is 33.6. The van der Waals surface area contributed by atoms with E-state index in [2.05, 4.69) is 21.2 Å². The van der Waals surface area contributed by atoms with Crippen molar-refractivity contribution in [3.05, 3.63) is 34.5 Å². The quantitative estimate of drug-likeness (QED) is 0.799. The Bertz CT molecular complexity index is 855. The zero-order valence-electron chi connectivity index (χ0n) is 15.5. The molecule has 8 nitrogen and oxygen atoms in total. The number of aromatic nitrogens is 3. The number of carboxylic acids is 1. The average molecular weight is 431 g/mol. The molecule has 0 spiro atoms. The van der Waals surface area contributed by atoms with Gasteiger partial charge in [-0.2, -0.15) is 18.3 Å². The number of hydrogen-bond acceptors (Lipinski definition) is 6. The Morgan fingerprint density at radius 2 is 1.97 bits per heavy atom. The van der Waals surface area contributed by atoms with Gasteiger partial charge < -0.3 is 10.0 Å². The Labute approximate surface area is 168 Å². The lowest BCUT2D eigenvalue weighted by Gasteiger charge is -2.25. The molecule has 2 fully saturated rings. The number of carbonyl (C=O) groups excluding carboxylic acids is 1. The fourth-order valence-corrected chi connectivity index (χ4v) is 4.30. The highest BCUT2D eigenvalue weighted by Crippen LogP contribution is 2.33. The van der Waals surface area contributed by atoms with Gasteiger partial charge >= 0.3 is 12.1 Å². The largest absolute Gasteiger partial charge is 0.490 e. The van der Waals surface area contributed by atoms with Gasteiger partial charge in [0.2, 0.25) is 0 Å². The highest BCUT2D eigenvalue weighted by atomic mass is 32.1. The van der Waals surface area contributed by atoms with Crippen LogP contribution in [-0.2, 0) is 18.4 Å². The van der Waals surface area contributed by atoms with Crippen molar-refractivity contribution in [2.75, 3.05) is 13.1 Å². The van der Waals surface area contributed by atoms with Crippen molar-refractivity contribution in [1.29, 1.82) is 0 Å². The third kappa shape index (κ3) is 4.93. The summed E-state index contributed by atoms with van der Waals surface area (Å²) in [7, 11) is 1.94. The van der Waals surface area contributed by atoms with E-state index < -0.39 is 12.1 Å². The van der Waals surface area contributed by atoms with Crippen molar-refractivity contribution in [2.45, 2.75) is 37.6 Å². The molecule has 0 saturated carbocycles. The number of aliphatic carboxylic acids is 1. The number of carboxylic acid groups (broad SMARTS) is 1. The second-order valence-electron chi connectivity index (χ2n) is 6.88. The zero-order chi connectivity index (χ0) is 21.2. The summed E-state index contributed by atoms with van der Waals surface area (Å²) in [5, 5.41) is 13.2. The van der Waals surface area contributed by atoms with E-state index >= 15 is 0 Å². The SMILES string of the molecule is Cn1cc(CN2CC[C@H]3[C@H]2CCN3C(=O)c2cscn2)cn1.O=C(O)C(F)(F)F. The number of thiazole rings is 1. The lowest BCUT2D eigenvalue weighted by molar-refractivity contribution is -0.192. The molecule has 4 heterocycles. The monoisotopic (exact) mass is 431 g/mol. The number of hydrogen-bond donors (Lipinski definition) is 1. The lowest BCUT2D eigenvalue weighted by atomic mass is 10.1. The molecule has 2 aromatic heterocycles. The molecular weight excluding hydrogens is 411 g/mol. The van der Waals surface area contributed by atoms with Gasteiger partial charge in [0.1, 0.15) is 5.69 Å². The first kappa shape index (κ1) is 21.2. The first-order valence-electron chi connectivity index (χ1n) is 8.87. The number of aryl methyl sites for hydroxylation is 1. The van der Waals surface area contributed by atoms with Crippen molar-refractivity contribution in [3.8, 4) is 0 Å². The van der Waals surface area contributed by atoms with Crippen LogP contribution in [0, 0.1) is 0 Å². The number of rotatable bonds is 3. The second kappa shape index (κ2) is 8.49. The fourth-order valence-electron chi connectivity index (χ4n) is 3.78. The van der Waals surface area contributed by atoms with Crippen molar-refractivity contribution in [1.82, 2.24) is 24.6 Å². The van der Waals surface area contributed by atoms with Crippen LogP contribution in [-0.4, -0.2) is 72.9 Å². The number of likely N-dealkylation sites (tertiary alicyclic amines) is 2. The molecule has 29 heavy (non-hydrogen) atoms. The van der Waals surface area contributed by atoms with Crippen LogP contribution in [0.5, 0.6) is 0 Å². The van der Waals surface area contributed by atoms with Crippen molar-refractivity contribution >= 4 is 23.2 Å². The standard InChI is InChI=1S/C15H19N5OS.C2HF3O2/c1-18-7-11(6-17-18)8-19-4-2-14-13(19)3-5-20(14)15(21)12-9-22-10-16-12;3-2(4,5)1(6)7/h6-7,9-10,13-14H,2-5,8H2,1H3;(H,6,7)/t13-,14+;/m1./s1. The van der Waals surface area contributed by atoms with Gasteiger partial charge in [0.05, 0.1) is 11.7 Å². The van der Waals surface area contributed by atoms with E-state index in [1.165, 1.54) is 16.9 Å². The molecule has 2 aliphatic rings. The predicted octanol–water partition coefficient (Wildman–Crippen LogP) is 2.00. The number of carbonyl (C=O) groups is 2. The topological polar surface area (TPSA) is 91.6 Å². The van der Waals surface area contributed by atoms with Crippen molar-refractivity contribution < 1.29 is 27.9 Å². The first-order valence-corrected chi connectivity index (χ1v) is 9.82. The van der Waals surface area contributed by atoms with Crippen LogP contribution in [0.25, 0.3) is 0 Å². The second-order valence-corrected chi connectivity index (χ2v) is 7.60. The van der Waals surface area contributed by atoms with Crippen LogP contribution in [0.1, 0.15) is 28.9 Å². The minimum atomic E-state index is -5.08. The summed E-state index contributed by atoms with van der Waals surface area (Å²) in [5.41, 5.74) is 3.56. The van der Waals surface area contributed by atoms with E-state index in [-0.39, 0.29) is 5.91 Å². The van der Waals surface area contributed by atoms with Crippen molar-refractivity contribution in [3.63, 3.8) is 0 Å². The Hall–Kier alpha value is -2.47. The van der Waals surface area contributed by atoms with Gasteiger partial charge in [0.25, 0.3) is 5.91 Å². The normalized spacial score (nSPS) is 21.6. The van der Waals surface area contributed by atoms with Crippen LogP contribution >= 0.6 is 11.3 Å². The maximum absolute atomic E-state index is 12.6. The third-order valence-corrected chi connectivity index (χ3v) is 5.58. The molecule has 158 valence electrons. The number of nitrogens with zero attached hydrogens (tertiary/aromatic N) is 5. The zero-order valence-corrected chi connectivity index (χ0v) is 16.4.